The van der Waals surface area contributed by atoms with Crippen molar-refractivity contribution in [1.29, 1.82) is 5.26 Å². The van der Waals surface area contributed by atoms with Crippen molar-refractivity contribution < 1.29 is 9.53 Å². The first kappa shape index (κ1) is 14.1. The highest BCUT2D eigenvalue weighted by molar-refractivity contribution is 6.08. The summed E-state index contributed by atoms with van der Waals surface area (Å²) in [7, 11) is 1.81. The van der Waals surface area contributed by atoms with Gasteiger partial charge in [0.2, 0.25) is 5.90 Å². The van der Waals surface area contributed by atoms with E-state index in [1.165, 1.54) is 0 Å². The first-order valence-corrected chi connectivity index (χ1v) is 6.33. The molecule has 0 bridgehead atoms. The van der Waals surface area contributed by atoms with Gasteiger partial charge in [-0.25, -0.2) is 9.79 Å². The van der Waals surface area contributed by atoms with Crippen LogP contribution in [0.3, 0.4) is 0 Å². The second-order valence-electron chi connectivity index (χ2n) is 5.83. The van der Waals surface area contributed by atoms with E-state index >= 15 is 0 Å². The molecule has 1 aliphatic heterocycles. The Morgan fingerprint density at radius 1 is 1.45 bits per heavy atom. The van der Waals surface area contributed by atoms with Crippen LogP contribution in [0.1, 0.15) is 37.7 Å². The van der Waals surface area contributed by atoms with E-state index in [2.05, 4.69) is 11.1 Å². The molecule has 20 heavy (non-hydrogen) atoms. The number of hydrogen-bond acceptors (Lipinski definition) is 4. The van der Waals surface area contributed by atoms with Crippen molar-refractivity contribution >= 4 is 17.9 Å². The number of cyclic esters (lactones) is 1. The molecule has 5 heteroatoms. The van der Waals surface area contributed by atoms with Crippen molar-refractivity contribution in [2.75, 3.05) is 0 Å². The lowest BCUT2D eigenvalue weighted by Gasteiger charge is -2.15. The minimum Gasteiger partial charge on any atom is -0.406 e. The number of rotatable bonds is 1. The monoisotopic (exact) mass is 271 g/mol. The maximum absolute atomic E-state index is 11.8. The maximum Gasteiger partial charge on any atom is 0.363 e. The molecule has 0 saturated heterocycles. The van der Waals surface area contributed by atoms with E-state index in [4.69, 9.17) is 10.00 Å². The quantitative estimate of drug-likeness (QED) is 0.582. The van der Waals surface area contributed by atoms with Crippen molar-refractivity contribution in [3.8, 4) is 6.07 Å². The third-order valence-corrected chi connectivity index (χ3v) is 3.24. The first-order chi connectivity index (χ1) is 9.24. The minimum atomic E-state index is -0.448. The Bertz CT molecular complexity index is 679. The molecule has 104 valence electrons. The molecule has 0 fully saturated rings. The molecular formula is C15H17N3O2. The average molecular weight is 271 g/mol. The Hall–Kier alpha value is -2.35. The second-order valence-corrected chi connectivity index (χ2v) is 5.83. The van der Waals surface area contributed by atoms with E-state index in [0.29, 0.717) is 11.6 Å². The number of carbonyl (C=O) groups is 1. The van der Waals surface area contributed by atoms with Gasteiger partial charge in [-0.3, -0.25) is 0 Å². The summed E-state index contributed by atoms with van der Waals surface area (Å²) in [6.45, 7) is 7.69. The number of nitrogens with zero attached hydrogens (tertiary/aromatic N) is 3. The summed E-state index contributed by atoms with van der Waals surface area (Å²) in [6, 6.07) is 3.84. The molecule has 0 atom stereocenters. The van der Waals surface area contributed by atoms with E-state index in [9.17, 15) is 4.79 Å². The summed E-state index contributed by atoms with van der Waals surface area (Å²) in [4.78, 5) is 16.1. The Morgan fingerprint density at radius 3 is 2.55 bits per heavy atom. The molecule has 0 aromatic carbocycles. The van der Waals surface area contributed by atoms with Crippen LogP contribution in [-0.2, 0) is 16.6 Å². The summed E-state index contributed by atoms with van der Waals surface area (Å²) in [6.07, 6.45) is 1.66. The van der Waals surface area contributed by atoms with Crippen LogP contribution >= 0.6 is 0 Å². The van der Waals surface area contributed by atoms with Crippen molar-refractivity contribution in [3.63, 3.8) is 0 Å². The third-order valence-electron chi connectivity index (χ3n) is 3.24. The first-order valence-electron chi connectivity index (χ1n) is 6.33. The maximum atomic E-state index is 11.8. The zero-order valence-corrected chi connectivity index (χ0v) is 12.3. The molecule has 5 nitrogen and oxygen atoms in total. The molecule has 1 aromatic heterocycles. The van der Waals surface area contributed by atoms with Gasteiger partial charge in [0.1, 0.15) is 11.8 Å². The summed E-state index contributed by atoms with van der Waals surface area (Å²) in [5.74, 6) is -0.0282. The second kappa shape index (κ2) is 4.64. The van der Waals surface area contributed by atoms with Crippen LogP contribution < -0.4 is 0 Å². The fourth-order valence-electron chi connectivity index (χ4n) is 1.85. The normalized spacial score (nSPS) is 17.1. The molecule has 0 amide bonds. The summed E-state index contributed by atoms with van der Waals surface area (Å²) in [5.41, 5.74) is 2.21. The lowest BCUT2D eigenvalue weighted by atomic mass is 9.97. The third kappa shape index (κ3) is 2.37. The van der Waals surface area contributed by atoms with Crippen molar-refractivity contribution in [2.45, 2.75) is 27.7 Å². The van der Waals surface area contributed by atoms with Crippen LogP contribution in [0.4, 0.5) is 0 Å². The molecule has 1 aromatic rings. The highest BCUT2D eigenvalue weighted by Gasteiger charge is 2.31. The van der Waals surface area contributed by atoms with E-state index in [0.717, 1.165) is 11.3 Å². The summed E-state index contributed by atoms with van der Waals surface area (Å²) in [5, 5.41) is 9.01. The van der Waals surface area contributed by atoms with Crippen LogP contribution in [0.2, 0.25) is 0 Å². The van der Waals surface area contributed by atoms with Gasteiger partial charge >= 0.3 is 5.97 Å². The zero-order chi connectivity index (χ0) is 15.1. The van der Waals surface area contributed by atoms with Gasteiger partial charge in [-0.05, 0) is 24.6 Å². The Kier molecular flexibility index (Phi) is 3.26. The van der Waals surface area contributed by atoms with Crippen LogP contribution in [0, 0.1) is 23.7 Å². The SMILES string of the molecule is Cc1c(/C=C2/N=C(C(C)(C)C)OC2=O)cc(C#N)n1C. The van der Waals surface area contributed by atoms with Gasteiger partial charge in [-0.1, -0.05) is 20.8 Å². The zero-order valence-electron chi connectivity index (χ0n) is 12.3. The van der Waals surface area contributed by atoms with Crippen LogP contribution in [0.25, 0.3) is 6.08 Å². The van der Waals surface area contributed by atoms with E-state index in [1.54, 1.807) is 16.7 Å². The van der Waals surface area contributed by atoms with Gasteiger partial charge in [0.05, 0.1) is 0 Å². The Labute approximate surface area is 118 Å². The summed E-state index contributed by atoms with van der Waals surface area (Å²) < 4.78 is 6.96. The highest BCUT2D eigenvalue weighted by Crippen LogP contribution is 2.26. The van der Waals surface area contributed by atoms with Gasteiger partial charge in [0, 0.05) is 18.2 Å². The number of esters is 1. The molecule has 1 aliphatic rings. The van der Waals surface area contributed by atoms with Crippen molar-refractivity contribution in [3.05, 3.63) is 28.7 Å². The van der Waals surface area contributed by atoms with E-state index < -0.39 is 5.97 Å². The molecular weight excluding hydrogens is 254 g/mol. The fourth-order valence-corrected chi connectivity index (χ4v) is 1.85. The summed E-state index contributed by atoms with van der Waals surface area (Å²) >= 11 is 0. The highest BCUT2D eigenvalue weighted by atomic mass is 16.6. The molecule has 2 rings (SSSR count). The van der Waals surface area contributed by atoms with Gasteiger partial charge < -0.3 is 9.30 Å². The van der Waals surface area contributed by atoms with Crippen molar-refractivity contribution in [2.24, 2.45) is 17.5 Å². The number of aliphatic imine (C=N–C) groups is 1. The number of aromatic nitrogens is 1. The number of ether oxygens (including phenoxy) is 1. The van der Waals surface area contributed by atoms with E-state index in [1.807, 2.05) is 34.7 Å². The Balaban J connectivity index is 2.45. The van der Waals surface area contributed by atoms with E-state index in [-0.39, 0.29) is 11.1 Å². The number of hydrogen-bond donors (Lipinski definition) is 0. The van der Waals surface area contributed by atoms with Gasteiger partial charge in [-0.2, -0.15) is 5.26 Å². The van der Waals surface area contributed by atoms with Gasteiger partial charge in [-0.15, -0.1) is 0 Å². The smallest absolute Gasteiger partial charge is 0.363 e. The topological polar surface area (TPSA) is 67.4 Å². The molecule has 2 heterocycles. The van der Waals surface area contributed by atoms with Crippen LogP contribution in [-0.4, -0.2) is 16.4 Å². The van der Waals surface area contributed by atoms with Gasteiger partial charge in [0.25, 0.3) is 0 Å². The minimum absolute atomic E-state index is 0.271. The number of nitriles is 1. The van der Waals surface area contributed by atoms with Crippen molar-refractivity contribution in [1.82, 2.24) is 4.57 Å². The van der Waals surface area contributed by atoms with Crippen LogP contribution in [0.5, 0.6) is 0 Å². The molecule has 0 spiro atoms. The largest absolute Gasteiger partial charge is 0.406 e. The standard InChI is InChI=1S/C15H17N3O2/c1-9-10(6-11(8-16)18(9)5)7-12-13(19)20-14(17-12)15(2,3)4/h6-7H,1-5H3/b12-7+. The lowest BCUT2D eigenvalue weighted by Crippen LogP contribution is -2.21. The fraction of sp³-hybridized carbons (Fsp3) is 0.400. The predicted molar refractivity (Wildman–Crippen MR) is 75.8 cm³/mol. The predicted octanol–water partition coefficient (Wildman–Crippen LogP) is 2.55. The average Bonchev–Trinajstić information content (AvgIpc) is 2.85. The Morgan fingerprint density at radius 2 is 2.10 bits per heavy atom. The molecule has 0 aliphatic carbocycles. The molecule has 0 radical (unpaired) electrons. The van der Waals surface area contributed by atoms with Crippen LogP contribution in [0.15, 0.2) is 16.8 Å². The molecule has 0 N–H and O–H groups in total. The molecule has 0 saturated carbocycles. The lowest BCUT2D eigenvalue weighted by molar-refractivity contribution is -0.130. The van der Waals surface area contributed by atoms with Gasteiger partial charge in [0.15, 0.2) is 5.70 Å². The number of carbonyl (C=O) groups excluding carboxylic acids is 1. The molecule has 0 unspecified atom stereocenters.